The first kappa shape index (κ1) is 15.0. The monoisotopic (exact) mass is 282 g/mol. The molecule has 5 nitrogen and oxygen atoms in total. The van der Waals surface area contributed by atoms with Gasteiger partial charge in [-0.3, -0.25) is 0 Å². The van der Waals surface area contributed by atoms with Crippen LogP contribution in [-0.4, -0.2) is 35.8 Å². The fourth-order valence-corrected chi connectivity index (χ4v) is 2.36. The third-order valence-corrected chi connectivity index (χ3v) is 3.38. The molecule has 0 saturated heterocycles. The van der Waals surface area contributed by atoms with E-state index in [-0.39, 0.29) is 5.82 Å². The van der Waals surface area contributed by atoms with Crippen LogP contribution < -0.4 is 10.6 Å². The Morgan fingerprint density at radius 3 is 2.85 bits per heavy atom. The van der Waals surface area contributed by atoms with Crippen LogP contribution in [0.25, 0.3) is 0 Å². The van der Waals surface area contributed by atoms with E-state index >= 15 is 0 Å². The molecule has 0 aromatic carbocycles. The summed E-state index contributed by atoms with van der Waals surface area (Å²) in [7, 11) is 0. The third-order valence-electron chi connectivity index (χ3n) is 3.38. The lowest BCUT2D eigenvalue weighted by molar-refractivity contribution is 0.0347. The topological polar surface area (TPSA) is 59.1 Å². The van der Waals surface area contributed by atoms with Crippen LogP contribution in [0.5, 0.6) is 0 Å². The summed E-state index contributed by atoms with van der Waals surface area (Å²) in [5, 5.41) is 5.92. The highest BCUT2D eigenvalue weighted by Crippen LogP contribution is 2.20. The minimum absolute atomic E-state index is 0.225. The number of nitrogens with one attached hydrogen (secondary N) is 2. The van der Waals surface area contributed by atoms with Crippen molar-refractivity contribution in [3.05, 3.63) is 12.0 Å². The summed E-state index contributed by atoms with van der Waals surface area (Å²) >= 11 is 0. The SMILES string of the molecule is CCNc1ncc(F)c(NCCOC2CCCCC2)n1. The first-order chi connectivity index (χ1) is 9.79. The number of hydrogen-bond acceptors (Lipinski definition) is 5. The zero-order chi connectivity index (χ0) is 14.2. The summed E-state index contributed by atoms with van der Waals surface area (Å²) in [6, 6.07) is 0. The van der Waals surface area contributed by atoms with E-state index < -0.39 is 5.82 Å². The van der Waals surface area contributed by atoms with Crippen molar-refractivity contribution in [3.8, 4) is 0 Å². The molecule has 0 radical (unpaired) electrons. The van der Waals surface area contributed by atoms with E-state index in [2.05, 4.69) is 20.6 Å². The molecule has 0 spiro atoms. The molecular weight excluding hydrogens is 259 g/mol. The average Bonchev–Trinajstić information content (AvgIpc) is 2.48. The minimum atomic E-state index is -0.440. The van der Waals surface area contributed by atoms with Crippen molar-refractivity contribution in [2.24, 2.45) is 0 Å². The van der Waals surface area contributed by atoms with Gasteiger partial charge in [0.25, 0.3) is 0 Å². The Kier molecular flexibility index (Phi) is 5.98. The van der Waals surface area contributed by atoms with Crippen molar-refractivity contribution in [2.45, 2.75) is 45.1 Å². The molecule has 1 fully saturated rings. The molecule has 20 heavy (non-hydrogen) atoms. The largest absolute Gasteiger partial charge is 0.376 e. The number of ether oxygens (including phenoxy) is 1. The molecule has 0 amide bonds. The number of nitrogens with zero attached hydrogens (tertiary/aromatic N) is 2. The fraction of sp³-hybridized carbons (Fsp3) is 0.714. The zero-order valence-electron chi connectivity index (χ0n) is 12.0. The van der Waals surface area contributed by atoms with Crippen LogP contribution in [0.15, 0.2) is 6.20 Å². The lowest BCUT2D eigenvalue weighted by atomic mass is 9.98. The molecule has 1 saturated carbocycles. The second-order valence-electron chi connectivity index (χ2n) is 4.98. The summed E-state index contributed by atoms with van der Waals surface area (Å²) in [4.78, 5) is 7.94. The van der Waals surface area contributed by atoms with Gasteiger partial charge in [-0.15, -0.1) is 0 Å². The van der Waals surface area contributed by atoms with Gasteiger partial charge in [-0.25, -0.2) is 9.37 Å². The molecule has 0 unspecified atom stereocenters. The maximum Gasteiger partial charge on any atom is 0.224 e. The molecule has 0 atom stereocenters. The summed E-state index contributed by atoms with van der Waals surface area (Å²) in [6.45, 7) is 3.77. The van der Waals surface area contributed by atoms with Crippen LogP contribution in [0.4, 0.5) is 16.2 Å². The predicted molar refractivity (Wildman–Crippen MR) is 77.5 cm³/mol. The quantitative estimate of drug-likeness (QED) is 0.753. The van der Waals surface area contributed by atoms with Gasteiger partial charge in [-0.05, 0) is 19.8 Å². The molecule has 2 N–H and O–H groups in total. The van der Waals surface area contributed by atoms with Gasteiger partial charge >= 0.3 is 0 Å². The molecule has 1 aliphatic rings. The normalized spacial score (nSPS) is 16.1. The summed E-state index contributed by atoms with van der Waals surface area (Å²) < 4.78 is 19.3. The molecule has 0 bridgehead atoms. The summed E-state index contributed by atoms with van der Waals surface area (Å²) in [5.41, 5.74) is 0. The number of hydrogen-bond donors (Lipinski definition) is 2. The van der Waals surface area contributed by atoms with Gasteiger partial charge in [-0.1, -0.05) is 19.3 Å². The van der Waals surface area contributed by atoms with Crippen LogP contribution in [0, 0.1) is 5.82 Å². The van der Waals surface area contributed by atoms with Gasteiger partial charge in [-0.2, -0.15) is 4.98 Å². The Bertz CT molecular complexity index is 410. The maximum atomic E-state index is 13.5. The molecule has 1 aromatic rings. The van der Waals surface area contributed by atoms with Crippen molar-refractivity contribution in [1.82, 2.24) is 9.97 Å². The smallest absolute Gasteiger partial charge is 0.224 e. The van der Waals surface area contributed by atoms with E-state index in [1.54, 1.807) is 0 Å². The van der Waals surface area contributed by atoms with Crippen LogP contribution in [0.3, 0.4) is 0 Å². The predicted octanol–water partition coefficient (Wildman–Crippen LogP) is 2.81. The van der Waals surface area contributed by atoms with Gasteiger partial charge in [0.15, 0.2) is 11.6 Å². The molecule has 1 heterocycles. The Labute approximate surface area is 119 Å². The van der Waals surface area contributed by atoms with Crippen molar-refractivity contribution in [3.63, 3.8) is 0 Å². The Balaban J connectivity index is 1.73. The van der Waals surface area contributed by atoms with Crippen molar-refractivity contribution < 1.29 is 9.13 Å². The summed E-state index contributed by atoms with van der Waals surface area (Å²) in [6.07, 6.45) is 7.67. The van der Waals surface area contributed by atoms with E-state index in [0.717, 1.165) is 12.8 Å². The Morgan fingerprint density at radius 2 is 2.10 bits per heavy atom. The molecule has 2 rings (SSSR count). The van der Waals surface area contributed by atoms with Crippen molar-refractivity contribution in [1.29, 1.82) is 0 Å². The highest BCUT2D eigenvalue weighted by molar-refractivity contribution is 5.40. The molecule has 0 aliphatic heterocycles. The van der Waals surface area contributed by atoms with E-state index in [1.807, 2.05) is 6.92 Å². The lowest BCUT2D eigenvalue weighted by Gasteiger charge is -2.22. The Hall–Kier alpha value is -1.43. The van der Waals surface area contributed by atoms with Gasteiger partial charge in [0.2, 0.25) is 5.95 Å². The van der Waals surface area contributed by atoms with E-state index in [4.69, 9.17) is 4.74 Å². The highest BCUT2D eigenvalue weighted by atomic mass is 19.1. The van der Waals surface area contributed by atoms with Crippen LogP contribution in [0.1, 0.15) is 39.0 Å². The molecule has 1 aliphatic carbocycles. The number of anilines is 2. The third kappa shape index (κ3) is 4.59. The fourth-order valence-electron chi connectivity index (χ4n) is 2.36. The maximum absolute atomic E-state index is 13.5. The highest BCUT2D eigenvalue weighted by Gasteiger charge is 2.13. The first-order valence-corrected chi connectivity index (χ1v) is 7.41. The van der Waals surface area contributed by atoms with Crippen molar-refractivity contribution >= 4 is 11.8 Å². The van der Waals surface area contributed by atoms with Gasteiger partial charge in [0.1, 0.15) is 0 Å². The molecule has 6 heteroatoms. The molecule has 112 valence electrons. The van der Waals surface area contributed by atoms with Gasteiger partial charge in [0, 0.05) is 13.1 Å². The first-order valence-electron chi connectivity index (χ1n) is 7.41. The van der Waals surface area contributed by atoms with Crippen LogP contribution in [0.2, 0.25) is 0 Å². The Morgan fingerprint density at radius 1 is 1.30 bits per heavy atom. The molecule has 1 aromatic heterocycles. The van der Waals surface area contributed by atoms with Crippen LogP contribution in [-0.2, 0) is 4.74 Å². The van der Waals surface area contributed by atoms with E-state index in [1.165, 1.54) is 25.5 Å². The lowest BCUT2D eigenvalue weighted by Crippen LogP contribution is -2.21. The van der Waals surface area contributed by atoms with Gasteiger partial charge < -0.3 is 15.4 Å². The molecular formula is C14H23FN4O. The minimum Gasteiger partial charge on any atom is -0.376 e. The number of aromatic nitrogens is 2. The average molecular weight is 282 g/mol. The van der Waals surface area contributed by atoms with Gasteiger partial charge in [0.05, 0.1) is 18.9 Å². The number of halogens is 1. The van der Waals surface area contributed by atoms with Crippen LogP contribution >= 0.6 is 0 Å². The zero-order valence-corrected chi connectivity index (χ0v) is 12.0. The summed E-state index contributed by atoms with van der Waals surface area (Å²) in [5.74, 6) is 0.220. The van der Waals surface area contributed by atoms with E-state index in [9.17, 15) is 4.39 Å². The second-order valence-corrected chi connectivity index (χ2v) is 4.98. The second kappa shape index (κ2) is 7.99. The van der Waals surface area contributed by atoms with E-state index in [0.29, 0.717) is 31.7 Å². The number of rotatable bonds is 7. The van der Waals surface area contributed by atoms with Crippen molar-refractivity contribution in [2.75, 3.05) is 30.3 Å². The standard InChI is InChI=1S/C14H23FN4O/c1-2-16-14-18-10-12(15)13(19-14)17-8-9-20-11-6-4-3-5-7-11/h10-11H,2-9H2,1H3,(H2,16,17,18,19).